The molecule has 0 aromatic heterocycles. The fraction of sp³-hybridized carbons (Fsp3) is 0.571. The van der Waals surface area contributed by atoms with Crippen LogP contribution in [0.1, 0.15) is 31.4 Å². The lowest BCUT2D eigenvalue weighted by molar-refractivity contribution is 0.413. The number of hydrogen-bond donors (Lipinski definition) is 1. The van der Waals surface area contributed by atoms with Crippen molar-refractivity contribution in [3.63, 3.8) is 0 Å². The molecule has 94 valence electrons. The lowest BCUT2D eigenvalue weighted by Gasteiger charge is -2.19. The molecule has 0 saturated heterocycles. The van der Waals surface area contributed by atoms with E-state index in [1.807, 2.05) is 23.9 Å². The van der Waals surface area contributed by atoms with Crippen LogP contribution in [0.25, 0.3) is 0 Å². The van der Waals surface area contributed by atoms with Gasteiger partial charge in [0, 0.05) is 17.3 Å². The maximum atomic E-state index is 5.25. The monoisotopic (exact) mass is 251 g/mol. The van der Waals surface area contributed by atoms with E-state index in [2.05, 4.69) is 30.6 Å². The van der Waals surface area contributed by atoms with E-state index in [1.54, 1.807) is 7.11 Å². The molecule has 0 bridgehead atoms. The highest BCUT2D eigenvalue weighted by molar-refractivity contribution is 8.00. The van der Waals surface area contributed by atoms with Crippen molar-refractivity contribution in [3.8, 4) is 5.75 Å². The van der Waals surface area contributed by atoms with Crippen LogP contribution in [-0.4, -0.2) is 24.7 Å². The largest absolute Gasteiger partial charge is 0.497 e. The van der Waals surface area contributed by atoms with Crippen molar-refractivity contribution in [2.75, 3.05) is 19.9 Å². The third-order valence-electron chi connectivity index (χ3n) is 3.56. The Hall–Kier alpha value is -0.670. The Labute approximate surface area is 108 Å². The summed E-state index contributed by atoms with van der Waals surface area (Å²) in [5.41, 5.74) is 1.29. The van der Waals surface area contributed by atoms with Gasteiger partial charge in [0.05, 0.1) is 7.11 Å². The number of benzene rings is 1. The smallest absolute Gasteiger partial charge is 0.119 e. The topological polar surface area (TPSA) is 21.3 Å². The quantitative estimate of drug-likeness (QED) is 0.838. The SMILES string of the molecule is COc1cccc(C(C)NCC2(SC)CC2)c1. The lowest BCUT2D eigenvalue weighted by Crippen LogP contribution is -2.28. The van der Waals surface area contributed by atoms with Crippen molar-refractivity contribution in [2.24, 2.45) is 0 Å². The Morgan fingerprint density at radius 1 is 1.47 bits per heavy atom. The van der Waals surface area contributed by atoms with Crippen molar-refractivity contribution >= 4 is 11.8 Å². The minimum absolute atomic E-state index is 0.384. The number of nitrogens with one attached hydrogen (secondary N) is 1. The molecule has 3 heteroatoms. The van der Waals surface area contributed by atoms with E-state index in [-0.39, 0.29) is 0 Å². The van der Waals surface area contributed by atoms with Crippen LogP contribution in [0, 0.1) is 0 Å². The average Bonchev–Trinajstić information content (AvgIpc) is 3.17. The molecule has 1 aromatic rings. The Morgan fingerprint density at radius 2 is 2.24 bits per heavy atom. The lowest BCUT2D eigenvalue weighted by atomic mass is 10.1. The predicted octanol–water partition coefficient (Wildman–Crippen LogP) is 3.24. The maximum absolute atomic E-state index is 5.25. The fourth-order valence-electron chi connectivity index (χ4n) is 1.96. The molecule has 0 amide bonds. The van der Waals surface area contributed by atoms with Crippen LogP contribution in [-0.2, 0) is 0 Å². The van der Waals surface area contributed by atoms with Crippen molar-refractivity contribution in [2.45, 2.75) is 30.6 Å². The summed E-state index contributed by atoms with van der Waals surface area (Å²) in [6, 6.07) is 8.68. The summed E-state index contributed by atoms with van der Waals surface area (Å²) in [6.45, 7) is 3.32. The summed E-state index contributed by atoms with van der Waals surface area (Å²) < 4.78 is 5.77. The van der Waals surface area contributed by atoms with Gasteiger partial charge in [-0.05, 0) is 43.7 Å². The van der Waals surface area contributed by atoms with Gasteiger partial charge >= 0.3 is 0 Å². The first kappa shape index (κ1) is 12.8. The molecule has 1 aliphatic carbocycles. The zero-order valence-corrected chi connectivity index (χ0v) is 11.6. The van der Waals surface area contributed by atoms with Crippen molar-refractivity contribution in [1.29, 1.82) is 0 Å². The zero-order chi connectivity index (χ0) is 12.3. The zero-order valence-electron chi connectivity index (χ0n) is 10.8. The van der Waals surface area contributed by atoms with E-state index >= 15 is 0 Å². The highest BCUT2D eigenvalue weighted by Gasteiger charge is 2.41. The van der Waals surface area contributed by atoms with Crippen LogP contribution in [0.2, 0.25) is 0 Å². The number of ether oxygens (including phenoxy) is 1. The van der Waals surface area contributed by atoms with Crippen LogP contribution < -0.4 is 10.1 Å². The molecule has 1 unspecified atom stereocenters. The second-order valence-corrected chi connectivity index (χ2v) is 6.04. The highest BCUT2D eigenvalue weighted by Crippen LogP contribution is 2.46. The minimum Gasteiger partial charge on any atom is -0.497 e. The summed E-state index contributed by atoms with van der Waals surface area (Å²) in [6.07, 6.45) is 4.92. The normalized spacial score (nSPS) is 18.8. The second kappa shape index (κ2) is 5.32. The molecule has 1 aromatic carbocycles. The van der Waals surface area contributed by atoms with E-state index in [1.165, 1.54) is 18.4 Å². The predicted molar refractivity (Wildman–Crippen MR) is 74.9 cm³/mol. The van der Waals surface area contributed by atoms with Gasteiger partial charge < -0.3 is 10.1 Å². The third kappa shape index (κ3) is 3.17. The molecule has 17 heavy (non-hydrogen) atoms. The van der Waals surface area contributed by atoms with Crippen LogP contribution in [0.3, 0.4) is 0 Å². The highest BCUT2D eigenvalue weighted by atomic mass is 32.2. The number of thioether (sulfide) groups is 1. The van der Waals surface area contributed by atoms with Crippen LogP contribution in [0.15, 0.2) is 24.3 Å². The number of hydrogen-bond acceptors (Lipinski definition) is 3. The second-order valence-electron chi connectivity index (χ2n) is 4.77. The molecule has 2 rings (SSSR count). The molecule has 0 heterocycles. The summed E-state index contributed by atoms with van der Waals surface area (Å²) in [5, 5.41) is 3.63. The third-order valence-corrected chi connectivity index (χ3v) is 4.98. The van der Waals surface area contributed by atoms with E-state index < -0.39 is 0 Å². The van der Waals surface area contributed by atoms with Crippen molar-refractivity contribution in [1.82, 2.24) is 5.32 Å². The summed E-state index contributed by atoms with van der Waals surface area (Å²) >= 11 is 2.00. The first-order valence-corrected chi connectivity index (χ1v) is 7.34. The van der Waals surface area contributed by atoms with E-state index in [4.69, 9.17) is 4.74 Å². The molecule has 0 spiro atoms. The van der Waals surface area contributed by atoms with Gasteiger partial charge in [0.2, 0.25) is 0 Å². The molecule has 0 radical (unpaired) electrons. The first-order chi connectivity index (χ1) is 8.19. The summed E-state index contributed by atoms with van der Waals surface area (Å²) in [7, 11) is 1.71. The molecule has 1 saturated carbocycles. The van der Waals surface area contributed by atoms with Crippen molar-refractivity contribution < 1.29 is 4.74 Å². The Bertz CT molecular complexity index is 376. The average molecular weight is 251 g/mol. The molecule has 1 aliphatic rings. The molecule has 1 atom stereocenters. The molecule has 2 nitrogen and oxygen atoms in total. The molecular formula is C14H21NOS. The summed E-state index contributed by atoms with van der Waals surface area (Å²) in [4.78, 5) is 0. The first-order valence-electron chi connectivity index (χ1n) is 6.12. The van der Waals surface area contributed by atoms with Crippen LogP contribution >= 0.6 is 11.8 Å². The van der Waals surface area contributed by atoms with E-state index in [9.17, 15) is 0 Å². The van der Waals surface area contributed by atoms with Gasteiger partial charge in [0.1, 0.15) is 5.75 Å². The van der Waals surface area contributed by atoms with Gasteiger partial charge in [-0.2, -0.15) is 11.8 Å². The maximum Gasteiger partial charge on any atom is 0.119 e. The Kier molecular flexibility index (Phi) is 4.00. The van der Waals surface area contributed by atoms with Crippen molar-refractivity contribution in [3.05, 3.63) is 29.8 Å². The fourth-order valence-corrected chi connectivity index (χ4v) is 2.70. The molecule has 0 aliphatic heterocycles. The Morgan fingerprint density at radius 3 is 2.82 bits per heavy atom. The number of rotatable bonds is 6. The van der Waals surface area contributed by atoms with Crippen LogP contribution in [0.5, 0.6) is 5.75 Å². The number of methoxy groups -OCH3 is 1. The molecule has 1 fully saturated rings. The van der Waals surface area contributed by atoms with Gasteiger partial charge in [-0.25, -0.2) is 0 Å². The van der Waals surface area contributed by atoms with Gasteiger partial charge in [-0.1, -0.05) is 12.1 Å². The van der Waals surface area contributed by atoms with Crippen LogP contribution in [0.4, 0.5) is 0 Å². The van der Waals surface area contributed by atoms with E-state index in [0.29, 0.717) is 10.8 Å². The van der Waals surface area contributed by atoms with Gasteiger partial charge in [0.25, 0.3) is 0 Å². The minimum atomic E-state index is 0.384. The standard InChI is InChI=1S/C14H21NOS/c1-11(15-10-14(17-3)7-8-14)12-5-4-6-13(9-12)16-2/h4-6,9,11,15H,7-8,10H2,1-3H3. The Balaban J connectivity index is 1.92. The molecular weight excluding hydrogens is 230 g/mol. The molecule has 1 N–H and O–H groups in total. The van der Waals surface area contributed by atoms with Gasteiger partial charge in [-0.15, -0.1) is 0 Å². The van der Waals surface area contributed by atoms with Gasteiger partial charge in [-0.3, -0.25) is 0 Å². The summed E-state index contributed by atoms with van der Waals surface area (Å²) in [5.74, 6) is 0.933. The van der Waals surface area contributed by atoms with E-state index in [0.717, 1.165) is 12.3 Å². The van der Waals surface area contributed by atoms with Gasteiger partial charge in [0.15, 0.2) is 0 Å².